The van der Waals surface area contributed by atoms with Gasteiger partial charge in [0, 0.05) is 0 Å². The molecule has 0 unspecified atom stereocenters. The van der Waals surface area contributed by atoms with Gasteiger partial charge in [-0.05, 0) is 5.92 Å². The van der Waals surface area contributed by atoms with Gasteiger partial charge in [0.2, 0.25) is 0 Å². The molecule has 0 heterocycles. The van der Waals surface area contributed by atoms with Crippen molar-refractivity contribution in [2.45, 2.75) is 13.8 Å². The van der Waals surface area contributed by atoms with Crippen molar-refractivity contribution in [3.63, 3.8) is 0 Å². The molecule has 12 heavy (non-hydrogen) atoms. The molecular weight excluding hydrogens is 154 g/mol. The topological polar surface area (TPSA) is 46.0 Å². The second-order valence-electron chi connectivity index (χ2n) is 2.76. The van der Waals surface area contributed by atoms with Gasteiger partial charge in [-0.15, -0.1) is 0 Å². The van der Waals surface area contributed by atoms with E-state index in [9.17, 15) is 0 Å². The number of ether oxygens (including phenoxy) is 1. The molecule has 0 saturated heterocycles. The number of nitrogens with one attached hydrogen (secondary N) is 1. The second-order valence-corrected chi connectivity index (χ2v) is 2.76. The third-order valence-corrected chi connectivity index (χ3v) is 1.04. The first-order chi connectivity index (χ1) is 5.77. The molecule has 0 aliphatic rings. The van der Waals surface area contributed by atoms with E-state index in [1.54, 1.807) is 0 Å². The highest BCUT2D eigenvalue weighted by Gasteiger charge is 1.87. The van der Waals surface area contributed by atoms with Crippen molar-refractivity contribution < 1.29 is 4.74 Å². The predicted molar refractivity (Wildman–Crippen MR) is 48.7 cm³/mol. The first-order valence-electron chi connectivity index (χ1n) is 4.09. The average Bonchev–Trinajstić information content (AvgIpc) is 2.02. The van der Waals surface area contributed by atoms with E-state index in [-0.39, 0.29) is 0 Å². The first-order valence-corrected chi connectivity index (χ1v) is 4.09. The summed E-state index contributed by atoms with van der Waals surface area (Å²) in [5.41, 5.74) is 2.76. The molecule has 0 bridgehead atoms. The maximum atomic E-state index is 4.86. The van der Waals surface area contributed by atoms with Gasteiger partial charge in [-0.25, -0.2) is 0 Å². The van der Waals surface area contributed by atoms with E-state index < -0.39 is 0 Å². The summed E-state index contributed by atoms with van der Waals surface area (Å²) < 4.78 is 4.86. The average molecular weight is 171 g/mol. The van der Waals surface area contributed by atoms with Crippen LogP contribution in [0.1, 0.15) is 13.8 Å². The summed E-state index contributed by atoms with van der Waals surface area (Å²) >= 11 is 0. The molecule has 70 valence electrons. The Morgan fingerprint density at radius 1 is 1.58 bits per heavy atom. The highest BCUT2D eigenvalue weighted by Crippen LogP contribution is 1.90. The summed E-state index contributed by atoms with van der Waals surface area (Å²) in [6, 6.07) is 0. The van der Waals surface area contributed by atoms with Crippen molar-refractivity contribution in [2.24, 2.45) is 16.3 Å². The highest BCUT2D eigenvalue weighted by atomic mass is 16.5. The molecule has 0 radical (unpaired) electrons. The molecule has 0 aliphatic heterocycles. The van der Waals surface area contributed by atoms with Crippen LogP contribution in [0.4, 0.5) is 0 Å². The van der Waals surface area contributed by atoms with Crippen molar-refractivity contribution in [1.82, 2.24) is 5.43 Å². The zero-order chi connectivity index (χ0) is 9.23. The number of hydrogen-bond donors (Lipinski definition) is 1. The SMILES string of the molecule is C=COCCNN=NCC(C)C. The monoisotopic (exact) mass is 171 g/mol. The van der Waals surface area contributed by atoms with Gasteiger partial charge in [0.25, 0.3) is 0 Å². The van der Waals surface area contributed by atoms with Crippen molar-refractivity contribution in [1.29, 1.82) is 0 Å². The molecule has 0 fully saturated rings. The van der Waals surface area contributed by atoms with Crippen LogP contribution in [0.5, 0.6) is 0 Å². The van der Waals surface area contributed by atoms with Gasteiger partial charge in [0.05, 0.1) is 19.4 Å². The second kappa shape index (κ2) is 8.04. The lowest BCUT2D eigenvalue weighted by Gasteiger charge is -1.99. The molecule has 0 aromatic rings. The van der Waals surface area contributed by atoms with Crippen LogP contribution in [0.15, 0.2) is 23.2 Å². The summed E-state index contributed by atoms with van der Waals surface area (Å²) in [6.07, 6.45) is 1.41. The molecule has 0 aliphatic carbocycles. The Labute approximate surface area is 73.7 Å². The molecule has 1 N–H and O–H groups in total. The third-order valence-electron chi connectivity index (χ3n) is 1.04. The molecule has 0 spiro atoms. The van der Waals surface area contributed by atoms with Crippen LogP contribution in [0, 0.1) is 5.92 Å². The van der Waals surface area contributed by atoms with Gasteiger partial charge >= 0.3 is 0 Å². The molecule has 0 saturated carbocycles. The van der Waals surface area contributed by atoms with Crippen LogP contribution in [0.2, 0.25) is 0 Å². The Kier molecular flexibility index (Phi) is 7.33. The number of nitrogens with zero attached hydrogens (tertiary/aromatic N) is 2. The van der Waals surface area contributed by atoms with E-state index >= 15 is 0 Å². The molecule has 4 heteroatoms. The molecule has 0 aromatic carbocycles. The smallest absolute Gasteiger partial charge is 0.106 e. The quantitative estimate of drug-likeness (QED) is 0.274. The minimum Gasteiger partial charge on any atom is -0.500 e. The molecule has 0 amide bonds. The van der Waals surface area contributed by atoms with Gasteiger partial charge in [-0.1, -0.05) is 25.6 Å². The van der Waals surface area contributed by atoms with Gasteiger partial charge in [-0.2, -0.15) is 5.11 Å². The van der Waals surface area contributed by atoms with Crippen LogP contribution >= 0.6 is 0 Å². The highest BCUT2D eigenvalue weighted by molar-refractivity contribution is 4.49. The van der Waals surface area contributed by atoms with Crippen molar-refractivity contribution >= 4 is 0 Å². The predicted octanol–water partition coefficient (Wildman–Crippen LogP) is 1.76. The minimum atomic E-state index is 0.556. The summed E-state index contributed by atoms with van der Waals surface area (Å²) in [5, 5.41) is 7.65. The standard InChI is InChI=1S/C8H17N3O/c1-4-12-6-5-9-11-10-7-8(2)3/h4,8H,1,5-7H2,2-3H3,(H,9,10). The van der Waals surface area contributed by atoms with Crippen molar-refractivity contribution in [3.05, 3.63) is 12.8 Å². The van der Waals surface area contributed by atoms with E-state index in [1.807, 2.05) is 0 Å². The van der Waals surface area contributed by atoms with Crippen LogP contribution in [0.25, 0.3) is 0 Å². The van der Waals surface area contributed by atoms with Gasteiger partial charge < -0.3 is 4.74 Å². The molecular formula is C8H17N3O. The van der Waals surface area contributed by atoms with E-state index in [1.165, 1.54) is 6.26 Å². The lowest BCUT2D eigenvalue weighted by Crippen LogP contribution is -2.11. The number of rotatable bonds is 7. The summed E-state index contributed by atoms with van der Waals surface area (Å²) in [4.78, 5) is 0. The fourth-order valence-electron chi connectivity index (χ4n) is 0.492. The van der Waals surface area contributed by atoms with E-state index in [4.69, 9.17) is 4.74 Å². The van der Waals surface area contributed by atoms with E-state index in [2.05, 4.69) is 36.2 Å². The van der Waals surface area contributed by atoms with Crippen LogP contribution in [0.3, 0.4) is 0 Å². The van der Waals surface area contributed by atoms with E-state index in [0.717, 1.165) is 6.54 Å². The maximum absolute atomic E-state index is 4.86. The lowest BCUT2D eigenvalue weighted by atomic mass is 10.2. The Balaban J connectivity index is 3.07. The molecule has 0 atom stereocenters. The van der Waals surface area contributed by atoms with Crippen molar-refractivity contribution in [3.8, 4) is 0 Å². The Morgan fingerprint density at radius 3 is 2.92 bits per heavy atom. The summed E-state index contributed by atoms with van der Waals surface area (Å²) in [6.45, 7) is 9.60. The first kappa shape index (κ1) is 10.9. The molecule has 0 aromatic heterocycles. The van der Waals surface area contributed by atoms with E-state index in [0.29, 0.717) is 19.1 Å². The summed E-state index contributed by atoms with van der Waals surface area (Å²) in [7, 11) is 0. The zero-order valence-electron chi connectivity index (χ0n) is 7.79. The Morgan fingerprint density at radius 2 is 2.33 bits per heavy atom. The van der Waals surface area contributed by atoms with Gasteiger partial charge in [0.15, 0.2) is 0 Å². The molecule has 4 nitrogen and oxygen atoms in total. The maximum Gasteiger partial charge on any atom is 0.106 e. The third kappa shape index (κ3) is 8.94. The fourth-order valence-corrected chi connectivity index (χ4v) is 0.492. The van der Waals surface area contributed by atoms with Crippen LogP contribution < -0.4 is 5.43 Å². The lowest BCUT2D eigenvalue weighted by molar-refractivity contribution is 0.250. The van der Waals surface area contributed by atoms with Gasteiger partial charge in [0.1, 0.15) is 6.61 Å². The largest absolute Gasteiger partial charge is 0.500 e. The Bertz CT molecular complexity index is 134. The normalized spacial score (nSPS) is 10.6. The Hall–Kier alpha value is -1.06. The minimum absolute atomic E-state index is 0.556. The van der Waals surface area contributed by atoms with Crippen molar-refractivity contribution in [2.75, 3.05) is 19.7 Å². The van der Waals surface area contributed by atoms with Crippen LogP contribution in [-0.4, -0.2) is 19.7 Å². The molecule has 0 rings (SSSR count). The fraction of sp³-hybridized carbons (Fsp3) is 0.750. The number of hydrogen-bond acceptors (Lipinski definition) is 3. The van der Waals surface area contributed by atoms with Crippen LogP contribution in [-0.2, 0) is 4.74 Å². The van der Waals surface area contributed by atoms with Gasteiger partial charge in [-0.3, -0.25) is 5.43 Å². The zero-order valence-corrected chi connectivity index (χ0v) is 7.79. The summed E-state index contributed by atoms with van der Waals surface area (Å²) in [5.74, 6) is 0.556.